The average Bonchev–Trinajstić information content (AvgIpc) is 2.57. The topological polar surface area (TPSA) is 63.1 Å². The molecule has 0 amide bonds. The molecule has 1 aliphatic carbocycles. The fraction of sp³-hybridized carbons (Fsp3) is 0.200. The van der Waals surface area contributed by atoms with Crippen LogP contribution in [0.2, 0.25) is 0 Å². The Labute approximate surface area is 148 Å². The zero-order chi connectivity index (χ0) is 17.5. The number of nitrogens with one attached hydrogen (secondary N) is 1. The summed E-state index contributed by atoms with van der Waals surface area (Å²) in [5, 5.41) is 3.24. The molecule has 0 radical (unpaired) electrons. The van der Waals surface area contributed by atoms with Crippen molar-refractivity contribution < 1.29 is 0 Å². The van der Waals surface area contributed by atoms with Crippen LogP contribution in [0.25, 0.3) is 11.4 Å². The lowest BCUT2D eigenvalue weighted by molar-refractivity contribution is 0.868. The van der Waals surface area contributed by atoms with Gasteiger partial charge in [0.2, 0.25) is 5.95 Å². The normalized spacial score (nSPS) is 18.0. The number of aliphatic imine (C=N–C) groups is 1. The summed E-state index contributed by atoms with van der Waals surface area (Å²) in [5.41, 5.74) is 1.75. The Bertz CT molecular complexity index is 832. The molecule has 25 heavy (non-hydrogen) atoms. The van der Waals surface area contributed by atoms with Crippen molar-refractivity contribution >= 4 is 17.6 Å². The van der Waals surface area contributed by atoms with E-state index in [-0.39, 0.29) is 6.04 Å². The Morgan fingerprint density at radius 2 is 1.80 bits per heavy atom. The van der Waals surface area contributed by atoms with Crippen molar-refractivity contribution in [2.24, 2.45) is 4.99 Å². The van der Waals surface area contributed by atoms with E-state index in [2.05, 4.69) is 37.4 Å². The number of rotatable bonds is 4. The maximum Gasteiger partial charge on any atom is 0.255 e. The molecule has 0 saturated carbocycles. The fourth-order valence-electron chi connectivity index (χ4n) is 2.28. The predicted octanol–water partition coefficient (Wildman–Crippen LogP) is 4.50. The molecular weight excluding hydrogens is 310 g/mol. The molecule has 0 bridgehead atoms. The first-order chi connectivity index (χ1) is 12.2. The molecule has 1 aromatic heterocycles. The van der Waals surface area contributed by atoms with Crippen LogP contribution in [0.1, 0.15) is 20.3 Å². The van der Waals surface area contributed by atoms with Gasteiger partial charge in [-0.25, -0.2) is 4.99 Å². The molecule has 0 saturated heterocycles. The Balaban J connectivity index is 2.03. The quantitative estimate of drug-likeness (QED) is 0.895. The summed E-state index contributed by atoms with van der Waals surface area (Å²) in [6.45, 7) is 4.09. The van der Waals surface area contributed by atoms with Crippen LogP contribution in [0.3, 0.4) is 0 Å². The van der Waals surface area contributed by atoms with Crippen LogP contribution in [-0.2, 0) is 0 Å². The molecule has 5 heteroatoms. The second kappa shape index (κ2) is 8.15. The van der Waals surface area contributed by atoms with Crippen molar-refractivity contribution in [1.82, 2.24) is 15.0 Å². The molecule has 1 heterocycles. The number of allylic oxidation sites excluding steroid dienone is 6. The SMILES string of the molecule is CC(C)Nc1nc(N=C2C=C/C=C\C/C=C\2)nc(-c2ccccc2)n1. The number of anilines is 1. The van der Waals surface area contributed by atoms with Gasteiger partial charge in [-0.05, 0) is 32.4 Å². The Hall–Kier alpha value is -3.08. The van der Waals surface area contributed by atoms with Gasteiger partial charge in [-0.15, -0.1) is 0 Å². The lowest BCUT2D eigenvalue weighted by atomic mass is 10.2. The molecule has 2 aromatic rings. The van der Waals surface area contributed by atoms with Crippen molar-refractivity contribution in [2.45, 2.75) is 26.3 Å². The van der Waals surface area contributed by atoms with E-state index >= 15 is 0 Å². The van der Waals surface area contributed by atoms with Gasteiger partial charge in [-0.2, -0.15) is 15.0 Å². The lowest BCUT2D eigenvalue weighted by Gasteiger charge is -2.10. The van der Waals surface area contributed by atoms with Gasteiger partial charge in [0, 0.05) is 11.6 Å². The zero-order valence-corrected chi connectivity index (χ0v) is 14.4. The Morgan fingerprint density at radius 3 is 2.60 bits per heavy atom. The molecule has 0 aliphatic heterocycles. The number of benzene rings is 1. The maximum atomic E-state index is 4.58. The molecule has 0 spiro atoms. The second-order valence-electron chi connectivity index (χ2n) is 5.91. The third kappa shape index (κ3) is 4.94. The van der Waals surface area contributed by atoms with E-state index in [0.29, 0.717) is 17.7 Å². The van der Waals surface area contributed by atoms with Crippen LogP contribution in [0.5, 0.6) is 0 Å². The van der Waals surface area contributed by atoms with Gasteiger partial charge >= 0.3 is 0 Å². The minimum Gasteiger partial charge on any atom is -0.352 e. The molecule has 1 aromatic carbocycles. The molecule has 3 rings (SSSR count). The van der Waals surface area contributed by atoms with Gasteiger partial charge in [0.25, 0.3) is 5.95 Å². The summed E-state index contributed by atoms with van der Waals surface area (Å²) in [6.07, 6.45) is 12.9. The number of aromatic nitrogens is 3. The standard InChI is InChI=1S/C20H21N5/c1-15(2)21-19-23-18(16-11-7-6-8-12-16)24-20(25-19)22-17-13-9-4-3-5-10-14-17/h3-4,6-15H,5H2,1-2H3,(H,21,23,24,25)/b4-3-,13-9?,14-10-,22-17?. The first-order valence-corrected chi connectivity index (χ1v) is 8.37. The lowest BCUT2D eigenvalue weighted by Crippen LogP contribution is -2.13. The monoisotopic (exact) mass is 331 g/mol. The van der Waals surface area contributed by atoms with Gasteiger partial charge in [-0.3, -0.25) is 0 Å². The van der Waals surface area contributed by atoms with E-state index in [0.717, 1.165) is 17.7 Å². The highest BCUT2D eigenvalue weighted by Crippen LogP contribution is 2.19. The summed E-state index contributed by atoms with van der Waals surface area (Å²) in [6, 6.07) is 10.1. The van der Waals surface area contributed by atoms with Crippen molar-refractivity contribution in [3.63, 3.8) is 0 Å². The van der Waals surface area contributed by atoms with Gasteiger partial charge in [0.1, 0.15) is 0 Å². The number of hydrogen-bond acceptors (Lipinski definition) is 5. The molecule has 1 aliphatic rings. The predicted molar refractivity (Wildman–Crippen MR) is 103 cm³/mol. The Morgan fingerprint density at radius 1 is 0.960 bits per heavy atom. The fourth-order valence-corrected chi connectivity index (χ4v) is 2.28. The van der Waals surface area contributed by atoms with Crippen molar-refractivity contribution in [3.05, 3.63) is 66.8 Å². The van der Waals surface area contributed by atoms with Gasteiger partial charge in [-0.1, -0.05) is 54.6 Å². The first kappa shape index (κ1) is 16.8. The highest BCUT2D eigenvalue weighted by Gasteiger charge is 2.09. The summed E-state index contributed by atoms with van der Waals surface area (Å²) in [4.78, 5) is 18.1. The summed E-state index contributed by atoms with van der Waals surface area (Å²) >= 11 is 0. The van der Waals surface area contributed by atoms with Crippen LogP contribution in [0.15, 0.2) is 71.8 Å². The minimum atomic E-state index is 0.220. The van der Waals surface area contributed by atoms with Crippen molar-refractivity contribution in [3.8, 4) is 11.4 Å². The second-order valence-corrected chi connectivity index (χ2v) is 5.91. The van der Waals surface area contributed by atoms with Crippen LogP contribution in [0.4, 0.5) is 11.9 Å². The summed E-state index contributed by atoms with van der Waals surface area (Å²) in [7, 11) is 0. The summed E-state index contributed by atoms with van der Waals surface area (Å²) < 4.78 is 0. The summed E-state index contributed by atoms with van der Waals surface area (Å²) in [5.74, 6) is 1.53. The van der Waals surface area contributed by atoms with E-state index in [4.69, 9.17) is 0 Å². The molecule has 0 unspecified atom stereocenters. The molecule has 126 valence electrons. The van der Waals surface area contributed by atoms with Crippen LogP contribution in [-0.4, -0.2) is 26.7 Å². The van der Waals surface area contributed by atoms with E-state index in [1.54, 1.807) is 0 Å². The molecule has 5 nitrogen and oxygen atoms in total. The first-order valence-electron chi connectivity index (χ1n) is 8.37. The molecule has 0 atom stereocenters. The van der Waals surface area contributed by atoms with Gasteiger partial charge in [0.05, 0.1) is 5.71 Å². The minimum absolute atomic E-state index is 0.220. The van der Waals surface area contributed by atoms with E-state index in [1.807, 2.05) is 68.5 Å². The third-order valence-electron chi connectivity index (χ3n) is 3.38. The number of hydrogen-bond donors (Lipinski definition) is 1. The highest BCUT2D eigenvalue weighted by molar-refractivity contribution is 6.05. The molecule has 0 fully saturated rings. The van der Waals surface area contributed by atoms with Crippen molar-refractivity contribution in [2.75, 3.05) is 5.32 Å². The zero-order valence-electron chi connectivity index (χ0n) is 14.4. The third-order valence-corrected chi connectivity index (χ3v) is 3.38. The van der Waals surface area contributed by atoms with Gasteiger partial charge in [0.15, 0.2) is 5.82 Å². The Kier molecular flexibility index (Phi) is 5.46. The smallest absolute Gasteiger partial charge is 0.255 e. The largest absolute Gasteiger partial charge is 0.352 e. The number of nitrogens with zero attached hydrogens (tertiary/aromatic N) is 4. The maximum absolute atomic E-state index is 4.58. The van der Waals surface area contributed by atoms with Crippen LogP contribution < -0.4 is 5.32 Å². The highest BCUT2D eigenvalue weighted by atomic mass is 15.2. The van der Waals surface area contributed by atoms with E-state index < -0.39 is 0 Å². The van der Waals surface area contributed by atoms with E-state index in [1.165, 1.54) is 0 Å². The van der Waals surface area contributed by atoms with Crippen LogP contribution in [0, 0.1) is 0 Å². The van der Waals surface area contributed by atoms with Crippen molar-refractivity contribution in [1.29, 1.82) is 0 Å². The van der Waals surface area contributed by atoms with Gasteiger partial charge < -0.3 is 5.32 Å². The average molecular weight is 331 g/mol. The van der Waals surface area contributed by atoms with Crippen LogP contribution >= 0.6 is 0 Å². The molecular formula is C20H21N5. The molecule has 1 N–H and O–H groups in total. The van der Waals surface area contributed by atoms with E-state index in [9.17, 15) is 0 Å².